The molecule has 1 N–H and O–H groups in total. The molecule has 2 atom stereocenters. The van der Waals surface area contributed by atoms with Crippen LogP contribution < -0.4 is 20.0 Å². The number of nitrogens with one attached hydrogen (secondary N) is 1. The highest BCUT2D eigenvalue weighted by molar-refractivity contribution is 7.97. The van der Waals surface area contributed by atoms with Gasteiger partial charge in [0.15, 0.2) is 11.6 Å². The van der Waals surface area contributed by atoms with Crippen molar-refractivity contribution in [3.05, 3.63) is 90.1 Å². The number of halogens is 2. The number of anilines is 3. The van der Waals surface area contributed by atoms with E-state index in [0.717, 1.165) is 42.3 Å². The Kier molecular flexibility index (Phi) is 7.73. The lowest BCUT2D eigenvalue weighted by molar-refractivity contribution is 0.462. The molecule has 266 valence electrons. The van der Waals surface area contributed by atoms with E-state index in [1.165, 1.54) is 18.9 Å². The summed E-state index contributed by atoms with van der Waals surface area (Å²) in [4.78, 5) is 26.8. The van der Waals surface area contributed by atoms with E-state index in [9.17, 15) is 4.39 Å². The summed E-state index contributed by atoms with van der Waals surface area (Å²) in [7, 11) is 2.10. The van der Waals surface area contributed by atoms with E-state index < -0.39 is 11.6 Å². The molecule has 6 aromatic rings. The van der Waals surface area contributed by atoms with Crippen molar-refractivity contribution in [2.45, 2.75) is 54.6 Å². The van der Waals surface area contributed by atoms with Crippen LogP contribution in [0.15, 0.2) is 72.0 Å². The first kappa shape index (κ1) is 32.3. The number of terminal acetylenes is 1. The van der Waals surface area contributed by atoms with E-state index in [4.69, 9.17) is 16.4 Å². The van der Waals surface area contributed by atoms with Gasteiger partial charge in [0, 0.05) is 90.9 Å². The van der Waals surface area contributed by atoms with Gasteiger partial charge in [0.2, 0.25) is 5.95 Å². The van der Waals surface area contributed by atoms with E-state index in [-0.39, 0.29) is 22.8 Å². The molecule has 10 rings (SSSR count). The first-order valence-electron chi connectivity index (χ1n) is 18.1. The van der Waals surface area contributed by atoms with Crippen LogP contribution in [0.1, 0.15) is 43.0 Å². The zero-order chi connectivity index (χ0) is 35.8. The van der Waals surface area contributed by atoms with Crippen LogP contribution in [0.2, 0.25) is 0 Å². The number of hydrogen-bond donors (Lipinski definition) is 1. The van der Waals surface area contributed by atoms with Crippen LogP contribution in [-0.4, -0.2) is 80.5 Å². The molecule has 1 saturated carbocycles. The molecule has 4 aliphatic rings. The maximum absolute atomic E-state index is 17.0. The maximum Gasteiger partial charge on any atom is 0.228 e. The fourth-order valence-electron chi connectivity index (χ4n) is 8.04. The molecule has 3 aliphatic heterocycles. The highest BCUT2D eigenvalue weighted by Gasteiger charge is 2.37. The van der Waals surface area contributed by atoms with Crippen LogP contribution >= 0.6 is 11.9 Å². The van der Waals surface area contributed by atoms with Gasteiger partial charge in [0.05, 0.1) is 17.0 Å². The van der Waals surface area contributed by atoms with Crippen molar-refractivity contribution in [1.82, 2.24) is 34.4 Å². The Labute approximate surface area is 309 Å². The van der Waals surface area contributed by atoms with Crippen LogP contribution in [0.5, 0.6) is 0 Å². The minimum absolute atomic E-state index is 0.0785. The molecule has 53 heavy (non-hydrogen) atoms. The van der Waals surface area contributed by atoms with Gasteiger partial charge >= 0.3 is 0 Å². The number of piperazine rings is 1. The molecular formula is C40H36F2N10S. The van der Waals surface area contributed by atoms with Gasteiger partial charge in [-0.3, -0.25) is 4.98 Å². The van der Waals surface area contributed by atoms with Crippen molar-refractivity contribution in [2.75, 3.05) is 47.9 Å². The minimum atomic E-state index is -0.578. The Balaban J connectivity index is 0.975. The monoisotopic (exact) mass is 726 g/mol. The second-order valence-corrected chi connectivity index (χ2v) is 15.6. The number of hydrogen-bond acceptors (Lipinski definition) is 10. The minimum Gasteiger partial charge on any atom is -0.368 e. The van der Waals surface area contributed by atoms with Crippen LogP contribution in [0.25, 0.3) is 32.9 Å². The van der Waals surface area contributed by atoms with Gasteiger partial charge < -0.3 is 20.0 Å². The number of pyridine rings is 1. The van der Waals surface area contributed by atoms with E-state index >= 15 is 4.39 Å². The molecule has 0 amide bonds. The topological polar surface area (TPSA) is 91.1 Å². The van der Waals surface area contributed by atoms with Crippen LogP contribution in [0.3, 0.4) is 0 Å². The summed E-state index contributed by atoms with van der Waals surface area (Å²) < 4.78 is 33.7. The van der Waals surface area contributed by atoms with Gasteiger partial charge in [-0.25, -0.2) is 18.7 Å². The van der Waals surface area contributed by atoms with Crippen LogP contribution in [0.4, 0.5) is 26.2 Å². The molecule has 1 aliphatic carbocycles. The van der Waals surface area contributed by atoms with Crippen molar-refractivity contribution in [3.8, 4) is 23.6 Å². The predicted octanol–water partition coefficient (Wildman–Crippen LogP) is 6.39. The summed E-state index contributed by atoms with van der Waals surface area (Å²) in [6, 6.07) is 17.7. The second kappa shape index (κ2) is 12.7. The number of benzene rings is 3. The van der Waals surface area contributed by atoms with E-state index in [1.54, 1.807) is 42.7 Å². The number of rotatable bonds is 8. The molecule has 2 bridgehead atoms. The molecule has 2 unspecified atom stereocenters. The highest BCUT2D eigenvalue weighted by Crippen LogP contribution is 2.40. The fraction of sp³-hybridized carbons (Fsp3) is 0.325. The predicted molar refractivity (Wildman–Crippen MR) is 204 cm³/mol. The fourth-order valence-corrected chi connectivity index (χ4v) is 8.79. The molecule has 6 heterocycles. The molecule has 0 spiro atoms. The summed E-state index contributed by atoms with van der Waals surface area (Å²) in [5.74, 6) is 3.97. The lowest BCUT2D eigenvalue weighted by atomic mass is 9.96. The molecule has 3 aromatic carbocycles. The van der Waals surface area contributed by atoms with Crippen molar-refractivity contribution in [2.24, 2.45) is 0 Å². The van der Waals surface area contributed by atoms with E-state index in [0.29, 0.717) is 64.6 Å². The summed E-state index contributed by atoms with van der Waals surface area (Å²) in [5, 5.41) is 10.1. The smallest absolute Gasteiger partial charge is 0.228 e. The van der Waals surface area contributed by atoms with Gasteiger partial charge in [-0.1, -0.05) is 36.3 Å². The standard InChI is InChI=1S/C40H36F2N10S/c1-3-30-33(41)15-12-23-6-4-9-31(34(23)30)36-35(42)37-32(17-43-36)39(50-18-25-13-14-26(19-50)45-25)47-40(46-37)51-20-28(21-51)49(2)27-7-5-8-29(16-27)53-52-22-44-38(48-52)24-10-11-24/h1,4-9,12,15-17,22,24-26,28,45H,10-11,13-14,18-21H2,2H3. The summed E-state index contributed by atoms with van der Waals surface area (Å²) >= 11 is 1.55. The number of likely N-dealkylation sites (N-methyl/N-ethyl adjacent to an activating group) is 1. The zero-order valence-electron chi connectivity index (χ0n) is 29.1. The molecule has 13 heteroatoms. The third-order valence-electron chi connectivity index (χ3n) is 11.1. The van der Waals surface area contributed by atoms with Crippen molar-refractivity contribution in [3.63, 3.8) is 0 Å². The van der Waals surface area contributed by atoms with Crippen LogP contribution in [-0.2, 0) is 0 Å². The quantitative estimate of drug-likeness (QED) is 0.178. The van der Waals surface area contributed by atoms with Gasteiger partial charge in [-0.05, 0) is 55.3 Å². The summed E-state index contributed by atoms with van der Waals surface area (Å²) in [6.07, 6.45) is 13.8. The molecular weight excluding hydrogens is 691 g/mol. The molecule has 3 aromatic heterocycles. The molecule has 4 fully saturated rings. The lowest BCUT2D eigenvalue weighted by Crippen LogP contribution is -2.59. The maximum atomic E-state index is 17.0. The lowest BCUT2D eigenvalue weighted by Gasteiger charge is -2.45. The number of fused-ring (bicyclic) bond motifs is 4. The van der Waals surface area contributed by atoms with E-state index in [1.807, 2.05) is 10.2 Å². The zero-order valence-corrected chi connectivity index (χ0v) is 29.9. The Bertz CT molecular complexity index is 2440. The van der Waals surface area contributed by atoms with Gasteiger partial charge in [0.1, 0.15) is 29.2 Å². The Hall–Kier alpha value is -5.32. The number of aromatic nitrogens is 6. The van der Waals surface area contributed by atoms with Crippen molar-refractivity contribution >= 4 is 51.1 Å². The SMILES string of the molecule is C#Cc1c(F)ccc2cccc(-c3ncc4c(N5CC6CCC(C5)N6)nc(N5CC(N(C)c6cccc(Sn7cnc(C8CC8)n7)c6)C5)nc4c3F)c12. The second-order valence-electron chi connectivity index (χ2n) is 14.6. The Morgan fingerprint density at radius 2 is 1.74 bits per heavy atom. The van der Waals surface area contributed by atoms with Gasteiger partial charge in [0.25, 0.3) is 0 Å². The van der Waals surface area contributed by atoms with Gasteiger partial charge in [-0.2, -0.15) is 9.07 Å². The average Bonchev–Trinajstić information content (AvgIpc) is 3.81. The Morgan fingerprint density at radius 1 is 0.925 bits per heavy atom. The van der Waals surface area contributed by atoms with Crippen molar-refractivity contribution < 1.29 is 8.78 Å². The van der Waals surface area contributed by atoms with Gasteiger partial charge in [-0.15, -0.1) is 11.5 Å². The van der Waals surface area contributed by atoms with Crippen molar-refractivity contribution in [1.29, 1.82) is 0 Å². The molecule has 10 nitrogen and oxygen atoms in total. The highest BCUT2D eigenvalue weighted by atomic mass is 32.2. The summed E-state index contributed by atoms with van der Waals surface area (Å²) in [6.45, 7) is 2.89. The first-order chi connectivity index (χ1) is 25.9. The normalized spacial score (nSPS) is 19.9. The Morgan fingerprint density at radius 3 is 2.53 bits per heavy atom. The van der Waals surface area contributed by atoms with Crippen LogP contribution in [0, 0.1) is 24.0 Å². The average molecular weight is 727 g/mol. The summed E-state index contributed by atoms with van der Waals surface area (Å²) in [5.41, 5.74) is 1.87. The largest absolute Gasteiger partial charge is 0.368 e. The molecule has 0 radical (unpaired) electrons. The molecule has 3 saturated heterocycles. The third kappa shape index (κ3) is 5.72. The number of nitrogens with zero attached hydrogens (tertiary/aromatic N) is 9. The first-order valence-corrected chi connectivity index (χ1v) is 18.9. The third-order valence-corrected chi connectivity index (χ3v) is 11.9. The van der Waals surface area contributed by atoms with E-state index in [2.05, 4.69) is 72.3 Å².